The Morgan fingerprint density at radius 1 is 1.18 bits per heavy atom. The largest absolute Gasteiger partial charge is 0.366 e. The van der Waals surface area contributed by atoms with E-state index in [9.17, 15) is 18.4 Å². The summed E-state index contributed by atoms with van der Waals surface area (Å²) in [5.74, 6) is -2.60. The fraction of sp³-hybridized carbons (Fsp3) is 0.240. The minimum Gasteiger partial charge on any atom is -0.366 e. The first-order valence-corrected chi connectivity index (χ1v) is 10.7. The van der Waals surface area contributed by atoms with E-state index in [1.165, 1.54) is 6.07 Å². The van der Waals surface area contributed by atoms with Crippen molar-refractivity contribution in [3.63, 3.8) is 0 Å². The Morgan fingerprint density at radius 3 is 2.67 bits per heavy atom. The molecule has 0 radical (unpaired) electrons. The van der Waals surface area contributed by atoms with Gasteiger partial charge in [-0.15, -0.1) is 0 Å². The fourth-order valence-corrected chi connectivity index (χ4v) is 4.58. The van der Waals surface area contributed by atoms with E-state index in [2.05, 4.69) is 10.3 Å². The standard InChI is InChI=1S/C25H24F2N4O2/c1-13-9-21(32)31-25-22(13)17(7-8-30-25)16-3-2-4-18(24(29)33)23(16)15(12-28)10-14-5-6-19(26)20(27)11-14/h2-8,11,13,15H,9-10,12,28H2,1H3,(H2,29,33)(H,30,31,32). The number of nitrogens with one attached hydrogen (secondary N) is 1. The number of hydrogen-bond acceptors (Lipinski definition) is 4. The number of aromatic nitrogens is 1. The molecule has 0 saturated heterocycles. The Morgan fingerprint density at radius 2 is 1.97 bits per heavy atom. The summed E-state index contributed by atoms with van der Waals surface area (Å²) < 4.78 is 27.3. The lowest BCUT2D eigenvalue weighted by Gasteiger charge is -2.27. The van der Waals surface area contributed by atoms with Crippen LogP contribution in [0.1, 0.15) is 52.2 Å². The summed E-state index contributed by atoms with van der Waals surface area (Å²) in [6.07, 6.45) is 2.19. The van der Waals surface area contributed by atoms with E-state index in [0.717, 1.165) is 28.8 Å². The van der Waals surface area contributed by atoms with Crippen molar-refractivity contribution in [1.82, 2.24) is 4.98 Å². The highest BCUT2D eigenvalue weighted by Gasteiger charge is 2.29. The van der Waals surface area contributed by atoms with Crippen LogP contribution >= 0.6 is 0 Å². The maximum atomic E-state index is 13.8. The van der Waals surface area contributed by atoms with Crippen LogP contribution < -0.4 is 16.8 Å². The molecule has 6 nitrogen and oxygen atoms in total. The van der Waals surface area contributed by atoms with Crippen LogP contribution in [-0.4, -0.2) is 23.3 Å². The fourth-order valence-electron chi connectivity index (χ4n) is 4.58. The molecule has 33 heavy (non-hydrogen) atoms. The topological polar surface area (TPSA) is 111 Å². The molecule has 1 aliphatic rings. The maximum absolute atomic E-state index is 13.8. The van der Waals surface area contributed by atoms with Crippen LogP contribution in [-0.2, 0) is 11.2 Å². The molecule has 0 bridgehead atoms. The average molecular weight is 450 g/mol. The van der Waals surface area contributed by atoms with Crippen LogP contribution in [0.5, 0.6) is 0 Å². The number of primary amides is 1. The summed E-state index contributed by atoms with van der Waals surface area (Å²) in [7, 11) is 0. The van der Waals surface area contributed by atoms with Crippen molar-refractivity contribution < 1.29 is 18.4 Å². The summed E-state index contributed by atoms with van der Waals surface area (Å²) in [5, 5.41) is 2.81. The molecule has 0 spiro atoms. The minimum absolute atomic E-state index is 0.0925. The molecule has 4 rings (SSSR count). The lowest BCUT2D eigenvalue weighted by Crippen LogP contribution is -2.24. The lowest BCUT2D eigenvalue weighted by atomic mass is 9.80. The van der Waals surface area contributed by atoms with Crippen LogP contribution in [0.25, 0.3) is 11.1 Å². The van der Waals surface area contributed by atoms with Gasteiger partial charge in [-0.2, -0.15) is 0 Å². The molecular formula is C25H24F2N4O2. The second kappa shape index (κ2) is 9.07. The van der Waals surface area contributed by atoms with Gasteiger partial charge in [-0.05, 0) is 65.4 Å². The highest BCUT2D eigenvalue weighted by atomic mass is 19.2. The van der Waals surface area contributed by atoms with E-state index in [1.54, 1.807) is 18.3 Å². The van der Waals surface area contributed by atoms with Crippen LogP contribution in [0.15, 0.2) is 48.7 Å². The Hall–Kier alpha value is -3.65. The van der Waals surface area contributed by atoms with Gasteiger partial charge in [0.1, 0.15) is 5.82 Å². The molecule has 0 aliphatic carbocycles. The molecule has 2 unspecified atom stereocenters. The lowest BCUT2D eigenvalue weighted by molar-refractivity contribution is -0.116. The van der Waals surface area contributed by atoms with Gasteiger partial charge in [0.05, 0.1) is 0 Å². The monoisotopic (exact) mass is 450 g/mol. The first-order chi connectivity index (χ1) is 15.8. The minimum atomic E-state index is -0.945. The maximum Gasteiger partial charge on any atom is 0.249 e. The van der Waals surface area contributed by atoms with Crippen LogP contribution in [0.2, 0.25) is 0 Å². The van der Waals surface area contributed by atoms with Crippen molar-refractivity contribution in [2.45, 2.75) is 31.6 Å². The number of carbonyl (C=O) groups is 2. The quantitative estimate of drug-likeness (QED) is 0.530. The normalized spacial score (nSPS) is 16.1. The molecule has 0 fully saturated rings. The van der Waals surface area contributed by atoms with Gasteiger partial charge in [0.25, 0.3) is 0 Å². The Bertz CT molecular complexity index is 1250. The second-order valence-corrected chi connectivity index (χ2v) is 8.29. The van der Waals surface area contributed by atoms with Gasteiger partial charge in [0, 0.05) is 29.7 Å². The molecule has 2 heterocycles. The number of nitrogens with zero attached hydrogens (tertiary/aromatic N) is 1. The summed E-state index contributed by atoms with van der Waals surface area (Å²) in [6, 6.07) is 10.8. The van der Waals surface area contributed by atoms with E-state index in [0.29, 0.717) is 28.9 Å². The molecule has 5 N–H and O–H groups in total. The second-order valence-electron chi connectivity index (χ2n) is 8.29. The molecule has 0 saturated carbocycles. The first kappa shape index (κ1) is 22.5. The van der Waals surface area contributed by atoms with Crippen molar-refractivity contribution in [1.29, 1.82) is 0 Å². The molecule has 2 amide bonds. The highest BCUT2D eigenvalue weighted by molar-refractivity contribution is 5.99. The number of hydrogen-bond donors (Lipinski definition) is 3. The van der Waals surface area contributed by atoms with Crippen molar-refractivity contribution in [2.24, 2.45) is 11.5 Å². The molecule has 1 aliphatic heterocycles. The van der Waals surface area contributed by atoms with E-state index >= 15 is 0 Å². The number of benzene rings is 2. The SMILES string of the molecule is CC1CC(=O)Nc2nccc(-c3cccc(C(N)=O)c3C(CN)Cc3ccc(F)c(F)c3)c21. The smallest absolute Gasteiger partial charge is 0.249 e. The van der Waals surface area contributed by atoms with Gasteiger partial charge < -0.3 is 16.8 Å². The van der Waals surface area contributed by atoms with E-state index in [1.807, 2.05) is 19.1 Å². The number of amides is 2. The zero-order valence-electron chi connectivity index (χ0n) is 18.1. The van der Waals surface area contributed by atoms with Crippen molar-refractivity contribution >= 4 is 17.6 Å². The Balaban J connectivity index is 1.89. The third-order valence-electron chi connectivity index (χ3n) is 6.05. The van der Waals surface area contributed by atoms with E-state index in [-0.39, 0.29) is 24.8 Å². The number of nitrogens with two attached hydrogens (primary N) is 2. The summed E-state index contributed by atoms with van der Waals surface area (Å²) >= 11 is 0. The van der Waals surface area contributed by atoms with E-state index < -0.39 is 23.5 Å². The number of halogens is 2. The van der Waals surface area contributed by atoms with Crippen LogP contribution in [0.4, 0.5) is 14.6 Å². The molecule has 3 aromatic rings. The first-order valence-electron chi connectivity index (χ1n) is 10.7. The molecule has 1 aromatic heterocycles. The number of carbonyl (C=O) groups excluding carboxylic acids is 2. The molecular weight excluding hydrogens is 426 g/mol. The molecule has 2 aromatic carbocycles. The van der Waals surface area contributed by atoms with Gasteiger partial charge in [0.2, 0.25) is 11.8 Å². The van der Waals surface area contributed by atoms with Gasteiger partial charge in [-0.3, -0.25) is 9.59 Å². The van der Waals surface area contributed by atoms with E-state index in [4.69, 9.17) is 11.5 Å². The summed E-state index contributed by atoms with van der Waals surface area (Å²) in [6.45, 7) is 2.10. The number of rotatable bonds is 6. The zero-order chi connectivity index (χ0) is 23.7. The van der Waals surface area contributed by atoms with Crippen LogP contribution in [0.3, 0.4) is 0 Å². The Labute approximate surface area is 190 Å². The van der Waals surface area contributed by atoms with Gasteiger partial charge in [0.15, 0.2) is 11.6 Å². The average Bonchev–Trinajstić information content (AvgIpc) is 2.78. The molecule has 8 heteroatoms. The van der Waals surface area contributed by atoms with Gasteiger partial charge in [-0.25, -0.2) is 13.8 Å². The Kier molecular flexibility index (Phi) is 6.20. The van der Waals surface area contributed by atoms with Crippen LogP contribution in [0, 0.1) is 11.6 Å². The van der Waals surface area contributed by atoms with Gasteiger partial charge >= 0.3 is 0 Å². The molecule has 2 atom stereocenters. The van der Waals surface area contributed by atoms with Crippen molar-refractivity contribution in [3.8, 4) is 11.1 Å². The molecule has 170 valence electrons. The van der Waals surface area contributed by atoms with Crippen molar-refractivity contribution in [2.75, 3.05) is 11.9 Å². The predicted octanol–water partition coefficient (Wildman–Crippen LogP) is 3.86. The third kappa shape index (κ3) is 4.34. The number of pyridine rings is 1. The summed E-state index contributed by atoms with van der Waals surface area (Å²) in [4.78, 5) is 28.7. The summed E-state index contributed by atoms with van der Waals surface area (Å²) in [5.41, 5.74) is 15.8. The van der Waals surface area contributed by atoms with Crippen molar-refractivity contribution in [3.05, 3.63) is 82.5 Å². The third-order valence-corrected chi connectivity index (χ3v) is 6.05. The highest BCUT2D eigenvalue weighted by Crippen LogP contribution is 2.42. The number of fused-ring (bicyclic) bond motifs is 1. The zero-order valence-corrected chi connectivity index (χ0v) is 18.1. The van der Waals surface area contributed by atoms with Gasteiger partial charge in [-0.1, -0.05) is 25.1 Å². The predicted molar refractivity (Wildman–Crippen MR) is 122 cm³/mol. The number of anilines is 1.